The first kappa shape index (κ1) is 13.2. The lowest BCUT2D eigenvalue weighted by Gasteiger charge is -2.18. The highest BCUT2D eigenvalue weighted by Gasteiger charge is 2.73. The van der Waals surface area contributed by atoms with Gasteiger partial charge in [-0.05, 0) is 0 Å². The highest BCUT2D eigenvalue weighted by Crippen LogP contribution is 2.62. The number of alkyl halides is 3. The molecule has 1 fully saturated rings. The van der Waals surface area contributed by atoms with Gasteiger partial charge >= 0.3 is 0 Å². The molecule has 1 aliphatic rings. The first-order valence-electron chi connectivity index (χ1n) is 4.33. The number of ether oxygens (including phenoxy) is 1. The van der Waals surface area contributed by atoms with Crippen LogP contribution in [0.4, 0.5) is 0 Å². The zero-order chi connectivity index (χ0) is 11.9. The Morgan fingerprint density at radius 3 is 2.13 bits per heavy atom. The van der Waals surface area contributed by atoms with Gasteiger partial charge in [0.1, 0.15) is 11.9 Å². The standard InChI is InChI=1S/C9H11Cl3O3/c1-7(2)6(3-13)8(7,4-14)15-5-9(10,11)12/h3-4,6H,5H2,1-2H3. The van der Waals surface area contributed by atoms with Gasteiger partial charge in [-0.2, -0.15) is 0 Å². The van der Waals surface area contributed by atoms with Gasteiger partial charge in [0.15, 0.2) is 6.29 Å². The molecule has 0 bridgehead atoms. The number of halogens is 3. The van der Waals surface area contributed by atoms with Crippen molar-refractivity contribution in [1.29, 1.82) is 0 Å². The average molecular weight is 274 g/mol. The number of hydrogen-bond acceptors (Lipinski definition) is 3. The van der Waals surface area contributed by atoms with E-state index in [9.17, 15) is 9.59 Å². The summed E-state index contributed by atoms with van der Waals surface area (Å²) in [6.07, 6.45) is 1.31. The molecule has 0 spiro atoms. The lowest BCUT2D eigenvalue weighted by Crippen LogP contribution is -2.29. The maximum Gasteiger partial charge on any atom is 0.213 e. The van der Waals surface area contributed by atoms with Crippen LogP contribution >= 0.6 is 34.8 Å². The van der Waals surface area contributed by atoms with Gasteiger partial charge < -0.3 is 14.3 Å². The lowest BCUT2D eigenvalue weighted by molar-refractivity contribution is -0.126. The third-order valence-corrected chi connectivity index (χ3v) is 3.28. The van der Waals surface area contributed by atoms with E-state index in [0.29, 0.717) is 12.6 Å². The van der Waals surface area contributed by atoms with Crippen LogP contribution in [0, 0.1) is 11.3 Å². The summed E-state index contributed by atoms with van der Waals surface area (Å²) in [6, 6.07) is 0. The van der Waals surface area contributed by atoms with Crippen LogP contribution in [-0.4, -0.2) is 28.6 Å². The van der Waals surface area contributed by atoms with E-state index in [2.05, 4.69) is 0 Å². The first-order chi connectivity index (χ1) is 6.71. The largest absolute Gasteiger partial charge is 0.362 e. The van der Waals surface area contributed by atoms with Crippen molar-refractivity contribution in [2.24, 2.45) is 11.3 Å². The van der Waals surface area contributed by atoms with Crippen LogP contribution in [-0.2, 0) is 14.3 Å². The molecule has 1 rings (SSSR count). The molecule has 1 aliphatic carbocycles. The summed E-state index contributed by atoms with van der Waals surface area (Å²) in [5.41, 5.74) is -1.68. The zero-order valence-corrected chi connectivity index (χ0v) is 10.6. The average Bonchev–Trinajstić information content (AvgIpc) is 2.57. The van der Waals surface area contributed by atoms with Crippen LogP contribution in [0.25, 0.3) is 0 Å². The summed E-state index contributed by atoms with van der Waals surface area (Å²) in [5, 5.41) is 0. The second kappa shape index (κ2) is 3.88. The van der Waals surface area contributed by atoms with E-state index in [1.807, 2.05) is 0 Å². The van der Waals surface area contributed by atoms with Crippen LogP contribution in [0.2, 0.25) is 0 Å². The Labute approximate surface area is 103 Å². The Kier molecular flexibility index (Phi) is 3.42. The van der Waals surface area contributed by atoms with Crippen molar-refractivity contribution in [2.75, 3.05) is 6.61 Å². The van der Waals surface area contributed by atoms with Gasteiger partial charge in [-0.15, -0.1) is 0 Å². The summed E-state index contributed by atoms with van der Waals surface area (Å²) < 4.78 is 3.70. The van der Waals surface area contributed by atoms with E-state index in [1.54, 1.807) is 13.8 Å². The van der Waals surface area contributed by atoms with E-state index < -0.39 is 20.7 Å². The minimum absolute atomic E-state index is 0.218. The predicted octanol–water partition coefficient (Wildman–Crippen LogP) is 2.17. The van der Waals surface area contributed by atoms with E-state index in [1.165, 1.54) is 0 Å². The molecule has 0 N–H and O–H groups in total. The topological polar surface area (TPSA) is 43.4 Å². The molecule has 0 radical (unpaired) electrons. The summed E-state index contributed by atoms with van der Waals surface area (Å²) in [6.45, 7) is 3.31. The number of carbonyl (C=O) groups excluding carboxylic acids is 2. The molecular weight excluding hydrogens is 262 g/mol. The second-order valence-electron chi connectivity index (χ2n) is 4.15. The van der Waals surface area contributed by atoms with Gasteiger partial charge in [0, 0.05) is 5.41 Å². The molecule has 0 amide bonds. The molecule has 1 saturated carbocycles. The fourth-order valence-corrected chi connectivity index (χ4v) is 1.97. The molecule has 2 atom stereocenters. The highest BCUT2D eigenvalue weighted by atomic mass is 35.6. The number of aldehydes is 2. The molecule has 0 aromatic heterocycles. The normalized spacial score (nSPS) is 33.5. The minimum Gasteiger partial charge on any atom is -0.362 e. The fourth-order valence-electron chi connectivity index (χ4n) is 1.80. The number of hydrogen-bond donors (Lipinski definition) is 0. The van der Waals surface area contributed by atoms with E-state index in [0.717, 1.165) is 0 Å². The summed E-state index contributed by atoms with van der Waals surface area (Å²) in [7, 11) is 0. The van der Waals surface area contributed by atoms with Crippen molar-refractivity contribution in [2.45, 2.75) is 23.2 Å². The Balaban J connectivity index is 2.74. The first-order valence-corrected chi connectivity index (χ1v) is 5.47. The molecule has 0 aromatic carbocycles. The maximum atomic E-state index is 11.0. The SMILES string of the molecule is CC1(C)C(C=O)C1(C=O)OCC(Cl)(Cl)Cl. The van der Waals surface area contributed by atoms with Gasteiger partial charge in [0.25, 0.3) is 0 Å². The van der Waals surface area contributed by atoms with Crippen molar-refractivity contribution >= 4 is 47.4 Å². The van der Waals surface area contributed by atoms with E-state index in [-0.39, 0.29) is 6.61 Å². The summed E-state index contributed by atoms with van der Waals surface area (Å²) in [5.74, 6) is -0.477. The summed E-state index contributed by atoms with van der Waals surface area (Å²) in [4.78, 5) is 21.7. The van der Waals surface area contributed by atoms with E-state index >= 15 is 0 Å². The quantitative estimate of drug-likeness (QED) is 0.582. The third-order valence-electron chi connectivity index (χ3n) is 2.95. The molecule has 0 heterocycles. The Morgan fingerprint density at radius 2 is 1.87 bits per heavy atom. The predicted molar refractivity (Wildman–Crippen MR) is 58.4 cm³/mol. The molecule has 6 heteroatoms. The molecule has 0 saturated heterocycles. The van der Waals surface area contributed by atoms with Gasteiger partial charge in [0.05, 0.1) is 12.5 Å². The molecule has 2 unspecified atom stereocenters. The lowest BCUT2D eigenvalue weighted by atomic mass is 10.1. The molecule has 3 nitrogen and oxygen atoms in total. The van der Waals surface area contributed by atoms with Crippen LogP contribution in [0.15, 0.2) is 0 Å². The zero-order valence-electron chi connectivity index (χ0n) is 8.30. The monoisotopic (exact) mass is 272 g/mol. The molecule has 86 valence electrons. The minimum atomic E-state index is -1.58. The van der Waals surface area contributed by atoms with Gasteiger partial charge in [-0.1, -0.05) is 48.7 Å². The molecular formula is C9H11Cl3O3. The number of carbonyl (C=O) groups is 2. The Bertz CT molecular complexity index is 285. The molecule has 0 aliphatic heterocycles. The Hall–Kier alpha value is 0.170. The van der Waals surface area contributed by atoms with Gasteiger partial charge in [-0.25, -0.2) is 0 Å². The molecule has 15 heavy (non-hydrogen) atoms. The summed E-state index contributed by atoms with van der Waals surface area (Å²) >= 11 is 16.5. The number of rotatable bonds is 4. The van der Waals surface area contributed by atoms with Crippen LogP contribution in [0.1, 0.15) is 13.8 Å². The van der Waals surface area contributed by atoms with Crippen molar-refractivity contribution < 1.29 is 14.3 Å². The highest BCUT2D eigenvalue weighted by molar-refractivity contribution is 6.67. The van der Waals surface area contributed by atoms with Crippen molar-refractivity contribution in [3.05, 3.63) is 0 Å². The van der Waals surface area contributed by atoms with E-state index in [4.69, 9.17) is 39.5 Å². The van der Waals surface area contributed by atoms with Gasteiger partial charge in [-0.3, -0.25) is 0 Å². The van der Waals surface area contributed by atoms with Crippen molar-refractivity contribution in [3.8, 4) is 0 Å². The molecule has 0 aromatic rings. The van der Waals surface area contributed by atoms with Gasteiger partial charge in [0.2, 0.25) is 3.79 Å². The Morgan fingerprint density at radius 1 is 1.33 bits per heavy atom. The van der Waals surface area contributed by atoms with Crippen molar-refractivity contribution in [1.82, 2.24) is 0 Å². The third kappa shape index (κ3) is 2.16. The van der Waals surface area contributed by atoms with Crippen LogP contribution in [0.5, 0.6) is 0 Å². The maximum absolute atomic E-state index is 11.0. The van der Waals surface area contributed by atoms with Crippen molar-refractivity contribution in [3.63, 3.8) is 0 Å². The van der Waals surface area contributed by atoms with Crippen LogP contribution < -0.4 is 0 Å². The van der Waals surface area contributed by atoms with Crippen LogP contribution in [0.3, 0.4) is 0 Å². The fraction of sp³-hybridized carbons (Fsp3) is 0.778. The smallest absolute Gasteiger partial charge is 0.213 e. The second-order valence-corrected chi connectivity index (χ2v) is 6.67.